The van der Waals surface area contributed by atoms with E-state index in [1.165, 1.54) is 11.3 Å². The Labute approximate surface area is 160 Å². The SMILES string of the molecule is CCCc1nnc(N2CC(C(=O)NCCn3cccn3)CC2=O)s1.O=CO. The van der Waals surface area contributed by atoms with Crippen molar-refractivity contribution in [3.05, 3.63) is 23.5 Å². The van der Waals surface area contributed by atoms with Gasteiger partial charge < -0.3 is 10.4 Å². The number of nitrogens with zero attached hydrogens (tertiary/aromatic N) is 5. The van der Waals surface area contributed by atoms with Crippen LogP contribution in [0.4, 0.5) is 5.13 Å². The van der Waals surface area contributed by atoms with E-state index in [0.717, 1.165) is 17.8 Å². The van der Waals surface area contributed by atoms with Crippen LogP contribution in [0.3, 0.4) is 0 Å². The first-order chi connectivity index (χ1) is 13.1. The molecular weight excluding hydrogens is 372 g/mol. The fourth-order valence-electron chi connectivity index (χ4n) is 2.61. The van der Waals surface area contributed by atoms with Crippen LogP contribution in [0.25, 0.3) is 0 Å². The summed E-state index contributed by atoms with van der Waals surface area (Å²) in [5, 5.41) is 23.5. The van der Waals surface area contributed by atoms with Gasteiger partial charge >= 0.3 is 0 Å². The van der Waals surface area contributed by atoms with Crippen molar-refractivity contribution < 1.29 is 19.5 Å². The standard InChI is InChI=1S/C15H20N6O2S.CH2O2/c1-2-4-12-18-19-15(24-12)21-10-11(9-13(21)22)14(23)16-6-8-20-7-3-5-17-20;2-1-3/h3,5,7,11H,2,4,6,8-10H2,1H3,(H,16,23);1H,(H,2,3). The van der Waals surface area contributed by atoms with Crippen LogP contribution in [-0.4, -0.2) is 56.5 Å². The van der Waals surface area contributed by atoms with Crippen LogP contribution in [0.5, 0.6) is 0 Å². The first-order valence-corrected chi connectivity index (χ1v) is 9.36. The summed E-state index contributed by atoms with van der Waals surface area (Å²) in [6, 6.07) is 1.84. The Bertz CT molecular complexity index is 748. The number of carbonyl (C=O) groups is 3. The summed E-state index contributed by atoms with van der Waals surface area (Å²) in [6.45, 7) is 3.30. The van der Waals surface area contributed by atoms with Crippen molar-refractivity contribution in [2.45, 2.75) is 32.7 Å². The molecule has 2 aromatic heterocycles. The lowest BCUT2D eigenvalue weighted by atomic mass is 10.1. The van der Waals surface area contributed by atoms with Gasteiger partial charge in [-0.3, -0.25) is 24.0 Å². The van der Waals surface area contributed by atoms with Gasteiger partial charge in [0.05, 0.1) is 12.5 Å². The summed E-state index contributed by atoms with van der Waals surface area (Å²) in [5.74, 6) is -0.508. The number of aromatic nitrogens is 4. The highest BCUT2D eigenvalue weighted by Crippen LogP contribution is 2.28. The molecule has 1 aliphatic rings. The van der Waals surface area contributed by atoms with Gasteiger partial charge in [0.25, 0.3) is 6.47 Å². The lowest BCUT2D eigenvalue weighted by Gasteiger charge is -2.12. The first kappa shape index (κ1) is 20.5. The van der Waals surface area contributed by atoms with Crippen molar-refractivity contribution in [1.29, 1.82) is 0 Å². The molecule has 10 nitrogen and oxygen atoms in total. The van der Waals surface area contributed by atoms with E-state index < -0.39 is 0 Å². The molecule has 2 aromatic rings. The Morgan fingerprint density at radius 1 is 1.48 bits per heavy atom. The van der Waals surface area contributed by atoms with E-state index in [0.29, 0.717) is 24.8 Å². The molecule has 2 amide bonds. The van der Waals surface area contributed by atoms with E-state index in [2.05, 4.69) is 27.5 Å². The molecule has 146 valence electrons. The molecule has 0 aromatic carbocycles. The molecule has 0 radical (unpaired) electrons. The Kier molecular flexibility index (Phi) is 7.86. The van der Waals surface area contributed by atoms with E-state index in [1.807, 2.05) is 12.3 Å². The predicted octanol–water partition coefficient (Wildman–Crippen LogP) is 0.557. The number of carbonyl (C=O) groups excluding carboxylic acids is 2. The number of amides is 2. The van der Waals surface area contributed by atoms with Gasteiger partial charge in [-0.1, -0.05) is 18.3 Å². The van der Waals surface area contributed by atoms with Crippen LogP contribution in [0.15, 0.2) is 18.5 Å². The van der Waals surface area contributed by atoms with E-state index in [1.54, 1.807) is 15.8 Å². The van der Waals surface area contributed by atoms with Crippen molar-refractivity contribution >= 4 is 34.8 Å². The van der Waals surface area contributed by atoms with Gasteiger partial charge in [0, 0.05) is 38.3 Å². The van der Waals surface area contributed by atoms with Crippen LogP contribution < -0.4 is 10.2 Å². The van der Waals surface area contributed by atoms with Gasteiger partial charge in [0.2, 0.25) is 16.9 Å². The summed E-state index contributed by atoms with van der Waals surface area (Å²) in [4.78, 5) is 34.4. The molecule has 2 N–H and O–H groups in total. The maximum atomic E-state index is 12.3. The Morgan fingerprint density at radius 3 is 2.93 bits per heavy atom. The molecule has 1 unspecified atom stereocenters. The Hall–Kier alpha value is -2.82. The second kappa shape index (κ2) is 10.4. The molecule has 1 fully saturated rings. The molecule has 0 aliphatic carbocycles. The van der Waals surface area contributed by atoms with Crippen molar-refractivity contribution in [3.8, 4) is 0 Å². The quantitative estimate of drug-likeness (QED) is 0.656. The lowest BCUT2D eigenvalue weighted by Crippen LogP contribution is -2.34. The largest absolute Gasteiger partial charge is 0.483 e. The van der Waals surface area contributed by atoms with Gasteiger partial charge in [-0.2, -0.15) is 5.10 Å². The molecule has 1 saturated heterocycles. The Morgan fingerprint density at radius 2 is 2.26 bits per heavy atom. The second-order valence-electron chi connectivity index (χ2n) is 5.80. The highest BCUT2D eigenvalue weighted by atomic mass is 32.1. The van der Waals surface area contributed by atoms with Crippen molar-refractivity contribution in [2.75, 3.05) is 18.0 Å². The summed E-state index contributed by atoms with van der Waals surface area (Å²) < 4.78 is 1.75. The molecule has 11 heteroatoms. The number of carboxylic acid groups (broad SMARTS) is 1. The third kappa shape index (κ3) is 5.84. The monoisotopic (exact) mass is 394 g/mol. The van der Waals surface area contributed by atoms with Gasteiger partial charge in [-0.15, -0.1) is 10.2 Å². The summed E-state index contributed by atoms with van der Waals surface area (Å²) in [6.07, 6.45) is 5.61. The van der Waals surface area contributed by atoms with Crippen molar-refractivity contribution in [2.24, 2.45) is 5.92 Å². The minimum atomic E-state index is -0.339. The Balaban J connectivity index is 0.000000817. The normalized spacial score (nSPS) is 16.0. The third-order valence-electron chi connectivity index (χ3n) is 3.85. The van der Waals surface area contributed by atoms with Crippen LogP contribution in [0.1, 0.15) is 24.8 Å². The maximum absolute atomic E-state index is 12.3. The zero-order valence-electron chi connectivity index (χ0n) is 14.9. The molecule has 0 spiro atoms. The average Bonchev–Trinajstić information content (AvgIpc) is 3.37. The molecule has 0 bridgehead atoms. The number of hydrogen-bond acceptors (Lipinski definition) is 7. The molecule has 3 heterocycles. The lowest BCUT2D eigenvalue weighted by molar-refractivity contribution is -0.126. The summed E-state index contributed by atoms with van der Waals surface area (Å²) in [5.41, 5.74) is 0. The zero-order valence-corrected chi connectivity index (χ0v) is 15.8. The number of nitrogens with one attached hydrogen (secondary N) is 1. The van der Waals surface area contributed by atoms with Crippen LogP contribution in [0, 0.1) is 5.92 Å². The van der Waals surface area contributed by atoms with Gasteiger partial charge in [0.15, 0.2) is 0 Å². The van der Waals surface area contributed by atoms with Crippen LogP contribution in [0.2, 0.25) is 0 Å². The van der Waals surface area contributed by atoms with E-state index >= 15 is 0 Å². The average molecular weight is 394 g/mol. The molecular formula is C16H22N6O4S. The topological polar surface area (TPSA) is 130 Å². The predicted molar refractivity (Wildman–Crippen MR) is 98.3 cm³/mol. The van der Waals surface area contributed by atoms with Crippen LogP contribution >= 0.6 is 11.3 Å². The zero-order chi connectivity index (χ0) is 19.6. The number of anilines is 1. The van der Waals surface area contributed by atoms with E-state index in [-0.39, 0.29) is 30.6 Å². The summed E-state index contributed by atoms with van der Waals surface area (Å²) in [7, 11) is 0. The molecule has 27 heavy (non-hydrogen) atoms. The highest BCUT2D eigenvalue weighted by molar-refractivity contribution is 7.15. The summed E-state index contributed by atoms with van der Waals surface area (Å²) >= 11 is 1.43. The molecule has 0 saturated carbocycles. The minimum Gasteiger partial charge on any atom is -0.483 e. The number of aryl methyl sites for hydroxylation is 1. The van der Waals surface area contributed by atoms with E-state index in [4.69, 9.17) is 9.90 Å². The maximum Gasteiger partial charge on any atom is 0.290 e. The fraction of sp³-hybridized carbons (Fsp3) is 0.500. The van der Waals surface area contributed by atoms with Gasteiger partial charge in [-0.05, 0) is 12.5 Å². The van der Waals surface area contributed by atoms with Gasteiger partial charge in [-0.25, -0.2) is 0 Å². The minimum absolute atomic E-state index is 0.0681. The van der Waals surface area contributed by atoms with Crippen molar-refractivity contribution in [1.82, 2.24) is 25.3 Å². The highest BCUT2D eigenvalue weighted by Gasteiger charge is 2.36. The molecule has 3 rings (SSSR count). The number of hydrogen-bond donors (Lipinski definition) is 2. The number of rotatable bonds is 7. The van der Waals surface area contributed by atoms with E-state index in [9.17, 15) is 9.59 Å². The molecule has 1 atom stereocenters. The smallest absolute Gasteiger partial charge is 0.290 e. The van der Waals surface area contributed by atoms with Crippen molar-refractivity contribution in [3.63, 3.8) is 0 Å². The van der Waals surface area contributed by atoms with Gasteiger partial charge in [0.1, 0.15) is 5.01 Å². The first-order valence-electron chi connectivity index (χ1n) is 8.54. The fourth-order valence-corrected chi connectivity index (χ4v) is 3.57. The second-order valence-corrected chi connectivity index (χ2v) is 6.84. The third-order valence-corrected chi connectivity index (χ3v) is 4.85. The van der Waals surface area contributed by atoms with Crippen LogP contribution in [-0.2, 0) is 27.3 Å². The molecule has 1 aliphatic heterocycles.